The van der Waals surface area contributed by atoms with E-state index < -0.39 is 0 Å². The van der Waals surface area contributed by atoms with Crippen molar-refractivity contribution >= 4 is 0 Å². The van der Waals surface area contributed by atoms with Gasteiger partial charge in [0.05, 0.1) is 0 Å². The maximum absolute atomic E-state index is 9.35. The summed E-state index contributed by atoms with van der Waals surface area (Å²) in [6.45, 7) is 2.23. The van der Waals surface area contributed by atoms with Crippen LogP contribution >= 0.6 is 0 Å². The zero-order chi connectivity index (χ0) is 9.14. The molecule has 12 heavy (non-hydrogen) atoms. The standard InChI is InChI=1S/C9H14N2O/c1-6-2-3-7(4-9(6)12)8(11)5-10/h2-4,8,12H,5,10-11H2,1H3/t8-/m1/s1. The minimum atomic E-state index is -0.184. The van der Waals surface area contributed by atoms with Crippen molar-refractivity contribution in [3.8, 4) is 5.75 Å². The highest BCUT2D eigenvalue weighted by atomic mass is 16.3. The first-order chi connectivity index (χ1) is 5.65. The highest BCUT2D eigenvalue weighted by Gasteiger charge is 2.04. The third-order valence-electron chi connectivity index (χ3n) is 1.92. The van der Waals surface area contributed by atoms with Crippen molar-refractivity contribution in [2.75, 3.05) is 6.54 Å². The maximum atomic E-state index is 9.35. The average Bonchev–Trinajstić information content (AvgIpc) is 2.08. The smallest absolute Gasteiger partial charge is 0.118 e. The van der Waals surface area contributed by atoms with Crippen molar-refractivity contribution < 1.29 is 5.11 Å². The fourth-order valence-electron chi connectivity index (χ4n) is 0.993. The van der Waals surface area contributed by atoms with E-state index >= 15 is 0 Å². The van der Waals surface area contributed by atoms with Gasteiger partial charge in [-0.2, -0.15) is 0 Å². The number of rotatable bonds is 2. The molecule has 0 saturated carbocycles. The van der Waals surface area contributed by atoms with Gasteiger partial charge in [-0.1, -0.05) is 12.1 Å². The molecule has 0 aromatic heterocycles. The maximum Gasteiger partial charge on any atom is 0.118 e. The Kier molecular flexibility index (Phi) is 2.68. The van der Waals surface area contributed by atoms with Crippen LogP contribution in [-0.2, 0) is 0 Å². The van der Waals surface area contributed by atoms with Crippen LogP contribution in [-0.4, -0.2) is 11.7 Å². The summed E-state index contributed by atoms with van der Waals surface area (Å²) in [5.74, 6) is 0.274. The van der Waals surface area contributed by atoms with E-state index in [2.05, 4.69) is 0 Å². The van der Waals surface area contributed by atoms with Crippen molar-refractivity contribution in [3.05, 3.63) is 29.3 Å². The molecular weight excluding hydrogens is 152 g/mol. The van der Waals surface area contributed by atoms with Crippen LogP contribution in [0, 0.1) is 6.92 Å². The molecule has 0 radical (unpaired) electrons. The van der Waals surface area contributed by atoms with Gasteiger partial charge in [0.15, 0.2) is 0 Å². The van der Waals surface area contributed by atoms with Gasteiger partial charge < -0.3 is 16.6 Å². The Morgan fingerprint density at radius 1 is 1.50 bits per heavy atom. The third kappa shape index (κ3) is 1.75. The van der Waals surface area contributed by atoms with Crippen LogP contribution in [0.25, 0.3) is 0 Å². The van der Waals surface area contributed by atoms with Crippen molar-refractivity contribution in [1.82, 2.24) is 0 Å². The highest BCUT2D eigenvalue weighted by molar-refractivity contribution is 5.36. The molecule has 3 heteroatoms. The molecule has 1 aromatic rings. The van der Waals surface area contributed by atoms with Gasteiger partial charge in [-0.25, -0.2) is 0 Å². The van der Waals surface area contributed by atoms with Gasteiger partial charge in [-0.05, 0) is 24.1 Å². The zero-order valence-corrected chi connectivity index (χ0v) is 7.12. The summed E-state index contributed by atoms with van der Waals surface area (Å²) < 4.78 is 0. The van der Waals surface area contributed by atoms with Crippen LogP contribution in [0.4, 0.5) is 0 Å². The third-order valence-corrected chi connectivity index (χ3v) is 1.92. The van der Waals surface area contributed by atoms with Gasteiger partial charge in [0.25, 0.3) is 0 Å². The first kappa shape index (κ1) is 9.03. The molecule has 0 saturated heterocycles. The molecular formula is C9H14N2O. The van der Waals surface area contributed by atoms with E-state index in [1.54, 1.807) is 6.07 Å². The second-order valence-corrected chi connectivity index (χ2v) is 2.89. The molecule has 1 aromatic carbocycles. The molecule has 1 rings (SSSR count). The predicted octanol–water partition coefficient (Wildman–Crippen LogP) is 0.659. The largest absolute Gasteiger partial charge is 0.508 e. The Balaban J connectivity index is 2.96. The number of phenols is 1. The number of aryl methyl sites for hydroxylation is 1. The summed E-state index contributed by atoms with van der Waals surface area (Å²) in [4.78, 5) is 0. The van der Waals surface area contributed by atoms with Crippen LogP contribution in [0.1, 0.15) is 17.2 Å². The lowest BCUT2D eigenvalue weighted by Crippen LogP contribution is -2.20. The lowest BCUT2D eigenvalue weighted by Gasteiger charge is -2.09. The number of nitrogens with two attached hydrogens (primary N) is 2. The summed E-state index contributed by atoms with van der Waals surface area (Å²) in [5, 5.41) is 9.35. The van der Waals surface area contributed by atoms with E-state index in [4.69, 9.17) is 11.5 Å². The Morgan fingerprint density at radius 3 is 2.67 bits per heavy atom. The fourth-order valence-corrected chi connectivity index (χ4v) is 0.993. The summed E-state index contributed by atoms with van der Waals surface area (Å²) in [6, 6.07) is 5.19. The van der Waals surface area contributed by atoms with E-state index in [-0.39, 0.29) is 11.8 Å². The molecule has 3 nitrogen and oxygen atoms in total. The van der Waals surface area contributed by atoms with E-state index in [1.165, 1.54) is 0 Å². The lowest BCUT2D eigenvalue weighted by atomic mass is 10.1. The Bertz CT molecular complexity index is 273. The number of benzene rings is 1. The van der Waals surface area contributed by atoms with E-state index in [0.717, 1.165) is 11.1 Å². The van der Waals surface area contributed by atoms with E-state index in [0.29, 0.717) is 6.54 Å². The SMILES string of the molecule is Cc1ccc([C@H](N)CN)cc1O. The van der Waals surface area contributed by atoms with E-state index in [1.807, 2.05) is 19.1 Å². The molecule has 0 aliphatic heterocycles. The topological polar surface area (TPSA) is 72.3 Å². The fraction of sp³-hybridized carbons (Fsp3) is 0.333. The average molecular weight is 166 g/mol. The van der Waals surface area contributed by atoms with Crippen molar-refractivity contribution in [2.45, 2.75) is 13.0 Å². The molecule has 0 amide bonds. The summed E-state index contributed by atoms with van der Waals surface area (Å²) >= 11 is 0. The molecule has 66 valence electrons. The van der Waals surface area contributed by atoms with Crippen LogP contribution in [0.15, 0.2) is 18.2 Å². The lowest BCUT2D eigenvalue weighted by molar-refractivity contribution is 0.469. The minimum Gasteiger partial charge on any atom is -0.508 e. The molecule has 0 aliphatic rings. The van der Waals surface area contributed by atoms with Gasteiger partial charge in [0.2, 0.25) is 0 Å². The van der Waals surface area contributed by atoms with Gasteiger partial charge in [-0.3, -0.25) is 0 Å². The quantitative estimate of drug-likeness (QED) is 0.604. The molecule has 5 N–H and O–H groups in total. The van der Waals surface area contributed by atoms with Gasteiger partial charge in [0, 0.05) is 12.6 Å². The van der Waals surface area contributed by atoms with Gasteiger partial charge in [-0.15, -0.1) is 0 Å². The summed E-state index contributed by atoms with van der Waals surface area (Å²) in [6.07, 6.45) is 0. The number of aromatic hydroxyl groups is 1. The van der Waals surface area contributed by atoms with Crippen LogP contribution in [0.2, 0.25) is 0 Å². The molecule has 0 aliphatic carbocycles. The van der Waals surface area contributed by atoms with E-state index in [9.17, 15) is 5.11 Å². The summed E-state index contributed by atoms with van der Waals surface area (Å²) in [5.41, 5.74) is 12.8. The first-order valence-corrected chi connectivity index (χ1v) is 3.90. The molecule has 0 bridgehead atoms. The van der Waals surface area contributed by atoms with Crippen LogP contribution in [0.3, 0.4) is 0 Å². The van der Waals surface area contributed by atoms with Gasteiger partial charge >= 0.3 is 0 Å². The van der Waals surface area contributed by atoms with Crippen LogP contribution in [0.5, 0.6) is 5.75 Å². The molecule has 0 spiro atoms. The Hall–Kier alpha value is -1.06. The molecule has 0 heterocycles. The van der Waals surface area contributed by atoms with Crippen molar-refractivity contribution in [3.63, 3.8) is 0 Å². The monoisotopic (exact) mass is 166 g/mol. The summed E-state index contributed by atoms with van der Waals surface area (Å²) in [7, 11) is 0. The Morgan fingerprint density at radius 2 is 2.17 bits per heavy atom. The second-order valence-electron chi connectivity index (χ2n) is 2.89. The number of hydrogen-bond acceptors (Lipinski definition) is 3. The second kappa shape index (κ2) is 3.56. The molecule has 0 fully saturated rings. The Labute approximate surface area is 72.0 Å². The number of hydrogen-bond donors (Lipinski definition) is 3. The minimum absolute atomic E-state index is 0.184. The van der Waals surface area contributed by atoms with Crippen LogP contribution < -0.4 is 11.5 Å². The molecule has 1 atom stereocenters. The zero-order valence-electron chi connectivity index (χ0n) is 7.12. The van der Waals surface area contributed by atoms with Gasteiger partial charge in [0.1, 0.15) is 5.75 Å². The normalized spacial score (nSPS) is 12.9. The first-order valence-electron chi connectivity index (χ1n) is 3.90. The number of phenolic OH excluding ortho intramolecular Hbond substituents is 1. The van der Waals surface area contributed by atoms with Crippen molar-refractivity contribution in [2.24, 2.45) is 11.5 Å². The molecule has 0 unspecified atom stereocenters. The predicted molar refractivity (Wildman–Crippen MR) is 48.8 cm³/mol. The van der Waals surface area contributed by atoms with Crippen molar-refractivity contribution in [1.29, 1.82) is 0 Å². The highest BCUT2D eigenvalue weighted by Crippen LogP contribution is 2.20.